The normalized spacial score (nSPS) is 9.80. The summed E-state index contributed by atoms with van der Waals surface area (Å²) in [6.45, 7) is 0. The zero-order valence-electron chi connectivity index (χ0n) is 5.05. The quantitative estimate of drug-likeness (QED) is 0.189. The molecule has 0 aromatic rings. The van der Waals surface area contributed by atoms with Crippen LogP contribution in [-0.2, 0) is 10.3 Å². The monoisotopic (exact) mass is 179 g/mol. The second kappa shape index (κ2) is 4.11. The topological polar surface area (TPSA) is 121 Å². The summed E-state index contributed by atoms with van der Waals surface area (Å²) in [6.07, 6.45) is 0. The number of hydrogen-bond donors (Lipinski definition) is 3. The summed E-state index contributed by atoms with van der Waals surface area (Å²) in [7, 11) is -4.89. The molecule has 55 valence electrons. The van der Waals surface area contributed by atoms with Crippen molar-refractivity contribution in [1.82, 2.24) is 4.47 Å². The van der Waals surface area contributed by atoms with E-state index in [1.807, 2.05) is 0 Å². The average Bonchev–Trinajstić information content (AvgIpc) is 1.62. The van der Waals surface area contributed by atoms with E-state index in [0.29, 0.717) is 0 Å². The molecule has 0 rings (SSSR count). The molecule has 10 heavy (non-hydrogen) atoms. The third kappa shape index (κ3) is 4.04. The van der Waals surface area contributed by atoms with Gasteiger partial charge >= 0.3 is 16.3 Å². The van der Waals surface area contributed by atoms with Crippen molar-refractivity contribution < 1.29 is 23.0 Å². The van der Waals surface area contributed by atoms with Gasteiger partial charge in [0.15, 0.2) is 0 Å². The Morgan fingerprint density at radius 3 is 1.80 bits per heavy atom. The number of nitrogens with two attached hydrogens (primary N) is 1. The summed E-state index contributed by atoms with van der Waals surface area (Å²) in [5.41, 5.74) is 4.22. The third-order valence-electron chi connectivity index (χ3n) is 0.407. The molecule has 0 aliphatic carbocycles. The van der Waals surface area contributed by atoms with Gasteiger partial charge in [-0.2, -0.15) is 8.42 Å². The first-order valence-electron chi connectivity index (χ1n) is 1.61. The van der Waals surface area contributed by atoms with Gasteiger partial charge < -0.3 is 5.73 Å². The van der Waals surface area contributed by atoms with Crippen LogP contribution >= 0.6 is 0 Å². The number of rotatable bonds is 1. The van der Waals surface area contributed by atoms with E-state index in [9.17, 15) is 13.2 Å². The van der Waals surface area contributed by atoms with Gasteiger partial charge in [-0.05, 0) is 0 Å². The van der Waals surface area contributed by atoms with Gasteiger partial charge in [0.25, 0.3) is 0 Å². The molecule has 0 unspecified atom stereocenters. The van der Waals surface area contributed by atoms with Crippen LogP contribution in [0.1, 0.15) is 0 Å². The van der Waals surface area contributed by atoms with Crippen molar-refractivity contribution >= 4 is 45.9 Å². The maximum atomic E-state index is 9.70. The van der Waals surface area contributed by atoms with Crippen LogP contribution in [-0.4, -0.2) is 58.2 Å². The second-order valence-electron chi connectivity index (χ2n) is 1.06. The maximum Gasteiger partial charge on any atom is 0.386 e. The third-order valence-corrected chi connectivity index (χ3v) is 1.02. The molecule has 2 amide bonds. The largest absolute Gasteiger partial charge is 0.386 e. The number of primary amides is 1. The van der Waals surface area contributed by atoms with Gasteiger partial charge in [-0.1, -0.05) is 4.47 Å². The molecule has 9 heteroatoms. The van der Waals surface area contributed by atoms with E-state index in [1.54, 1.807) is 0 Å². The van der Waals surface area contributed by atoms with Gasteiger partial charge in [0.05, 0.1) is 0 Å². The molecular formula is CH4N2NaO5S. The van der Waals surface area contributed by atoms with Crippen LogP contribution in [0.2, 0.25) is 0 Å². The van der Waals surface area contributed by atoms with Gasteiger partial charge in [-0.3, -0.25) is 9.76 Å². The van der Waals surface area contributed by atoms with Gasteiger partial charge in [0.2, 0.25) is 0 Å². The van der Waals surface area contributed by atoms with Crippen molar-refractivity contribution in [2.24, 2.45) is 5.73 Å². The second-order valence-corrected chi connectivity index (χ2v) is 2.30. The minimum absolute atomic E-state index is 0. The molecule has 0 aromatic heterocycles. The summed E-state index contributed by atoms with van der Waals surface area (Å²) in [5.74, 6) is 0. The van der Waals surface area contributed by atoms with Crippen molar-refractivity contribution in [2.75, 3.05) is 0 Å². The average molecular weight is 179 g/mol. The Bertz CT molecular complexity index is 210. The molecule has 7 nitrogen and oxygen atoms in total. The van der Waals surface area contributed by atoms with Crippen LogP contribution < -0.4 is 5.73 Å². The molecule has 0 atom stereocenters. The van der Waals surface area contributed by atoms with Crippen LogP contribution in [0.5, 0.6) is 0 Å². The van der Waals surface area contributed by atoms with Crippen molar-refractivity contribution in [3.8, 4) is 0 Å². The fraction of sp³-hybridized carbons (Fsp3) is 0. The standard InChI is InChI=1S/CH4N2O5S.Na/c2-1(4)3(5)9(6,7)8;/h5H,(H2,2,4)(H,6,7,8);. The zero-order chi connectivity index (χ0) is 7.65. The predicted molar refractivity (Wildman–Crippen MR) is 30.5 cm³/mol. The number of urea groups is 1. The van der Waals surface area contributed by atoms with Crippen molar-refractivity contribution in [3.63, 3.8) is 0 Å². The number of hydrogen-bond acceptors (Lipinski definition) is 4. The summed E-state index contributed by atoms with van der Waals surface area (Å²) in [4.78, 5) is 9.70. The van der Waals surface area contributed by atoms with E-state index in [1.165, 1.54) is 0 Å². The maximum absolute atomic E-state index is 9.70. The first-order chi connectivity index (χ1) is 3.85. The van der Waals surface area contributed by atoms with E-state index < -0.39 is 20.8 Å². The number of carbonyl (C=O) groups excluding carboxylic acids is 1. The van der Waals surface area contributed by atoms with Crippen molar-refractivity contribution in [3.05, 3.63) is 0 Å². The number of hydroxylamine groups is 1. The summed E-state index contributed by atoms with van der Waals surface area (Å²) in [5, 5.41) is 7.98. The fourth-order valence-electron chi connectivity index (χ4n) is 0.114. The molecule has 4 N–H and O–H groups in total. The van der Waals surface area contributed by atoms with E-state index >= 15 is 0 Å². The molecule has 0 bridgehead atoms. The molecule has 0 saturated carbocycles. The van der Waals surface area contributed by atoms with Crippen LogP contribution in [0.15, 0.2) is 0 Å². The Balaban J connectivity index is 0. The molecule has 1 radical (unpaired) electrons. The van der Waals surface area contributed by atoms with E-state index in [4.69, 9.17) is 9.76 Å². The number of carbonyl (C=O) groups is 1. The SMILES string of the molecule is NC(=O)N(O)S(=O)(=O)O.[Na]. The summed E-state index contributed by atoms with van der Waals surface area (Å²) < 4.78 is 26.2. The van der Waals surface area contributed by atoms with Crippen molar-refractivity contribution in [2.45, 2.75) is 0 Å². The first-order valence-corrected chi connectivity index (χ1v) is 3.01. The summed E-state index contributed by atoms with van der Waals surface area (Å²) >= 11 is 0. The zero-order valence-corrected chi connectivity index (χ0v) is 7.87. The van der Waals surface area contributed by atoms with Crippen molar-refractivity contribution in [1.29, 1.82) is 0 Å². The minimum atomic E-state index is -4.89. The Morgan fingerprint density at radius 2 is 1.80 bits per heavy atom. The number of nitrogens with zero attached hydrogens (tertiary/aromatic N) is 1. The Kier molecular flexibility index (Phi) is 5.25. The van der Waals surface area contributed by atoms with Crippen LogP contribution in [0.3, 0.4) is 0 Å². The molecule has 0 heterocycles. The predicted octanol–water partition coefficient (Wildman–Crippen LogP) is -1.82. The Morgan fingerprint density at radius 1 is 1.50 bits per heavy atom. The molecule has 0 spiro atoms. The van der Waals surface area contributed by atoms with E-state index in [2.05, 4.69) is 5.73 Å². The van der Waals surface area contributed by atoms with Gasteiger partial charge in [-0.15, -0.1) is 0 Å². The van der Waals surface area contributed by atoms with Crippen LogP contribution in [0, 0.1) is 0 Å². The Hall–Kier alpha value is 0.140. The van der Waals surface area contributed by atoms with Crippen LogP contribution in [0.4, 0.5) is 4.79 Å². The van der Waals surface area contributed by atoms with Crippen LogP contribution in [0.25, 0.3) is 0 Å². The van der Waals surface area contributed by atoms with Gasteiger partial charge in [0, 0.05) is 29.6 Å². The van der Waals surface area contributed by atoms with Gasteiger partial charge in [0.1, 0.15) is 0 Å². The fourth-order valence-corrected chi connectivity index (χ4v) is 0.341. The molecular weight excluding hydrogens is 175 g/mol. The van der Waals surface area contributed by atoms with E-state index in [-0.39, 0.29) is 29.6 Å². The molecule has 0 aromatic carbocycles. The van der Waals surface area contributed by atoms with E-state index in [0.717, 1.165) is 0 Å². The molecule has 0 aliphatic rings. The smallest absolute Gasteiger partial charge is 0.349 e. The molecule has 0 aliphatic heterocycles. The first kappa shape index (κ1) is 12.8. The minimum Gasteiger partial charge on any atom is -0.349 e. The molecule has 0 saturated heterocycles. The summed E-state index contributed by atoms with van der Waals surface area (Å²) in [6, 6.07) is -1.67. The Labute approximate surface area is 78.9 Å². The number of amides is 2. The van der Waals surface area contributed by atoms with Gasteiger partial charge in [-0.25, -0.2) is 4.79 Å². The molecule has 0 fully saturated rings.